The highest BCUT2D eigenvalue weighted by molar-refractivity contribution is 5.97. The number of carbonyl (C=O) groups is 1. The van der Waals surface area contributed by atoms with Gasteiger partial charge in [-0.15, -0.1) is 5.10 Å². The predicted octanol–water partition coefficient (Wildman–Crippen LogP) is 3.80. The molecule has 35 heavy (non-hydrogen) atoms. The Labute approximate surface area is 195 Å². The molecule has 0 saturated carbocycles. The summed E-state index contributed by atoms with van der Waals surface area (Å²) in [5.74, 6) is -8.24. The second kappa shape index (κ2) is 8.95. The minimum Gasteiger partial charge on any atom is -0.382 e. The van der Waals surface area contributed by atoms with Gasteiger partial charge in [-0.1, -0.05) is 12.1 Å². The molecule has 0 bridgehead atoms. The Bertz CT molecular complexity index is 1420. The molecule has 4 N–H and O–H groups in total. The number of carbonyl (C=O) groups excluding carboxylic acids is 1. The number of aliphatic hydroxyl groups excluding tert-OH is 1. The van der Waals surface area contributed by atoms with Crippen molar-refractivity contribution in [2.45, 2.75) is 19.0 Å². The summed E-state index contributed by atoms with van der Waals surface area (Å²) < 4.78 is 72.7. The van der Waals surface area contributed by atoms with Gasteiger partial charge in [0.25, 0.3) is 11.8 Å². The van der Waals surface area contributed by atoms with E-state index in [4.69, 9.17) is 5.73 Å². The van der Waals surface area contributed by atoms with Gasteiger partial charge in [0.2, 0.25) is 5.95 Å². The van der Waals surface area contributed by atoms with Crippen molar-refractivity contribution in [3.63, 3.8) is 0 Å². The predicted molar refractivity (Wildman–Crippen MR) is 116 cm³/mol. The average Bonchev–Trinajstić information content (AvgIpc) is 3.20. The molecule has 182 valence electrons. The molecule has 7 nitrogen and oxygen atoms in total. The quantitative estimate of drug-likeness (QED) is 0.356. The number of halogens is 5. The first-order valence-corrected chi connectivity index (χ1v) is 10.2. The van der Waals surface area contributed by atoms with E-state index < -0.39 is 41.9 Å². The number of anilines is 1. The standard InChI is InChI=1S/C23H18F5N5O2/c1-11-15(21(35)30-10-23(27,28)20(34)12-2-4-14(24)5-3-12)9-16(19(26)18(11)25)13-6-7-33-17(8-13)31-22(29)32-33/h2-9,20,34H,10H2,1H3,(H2,29,32)(H,30,35)/t20-/m0/s1. The van der Waals surface area contributed by atoms with Crippen LogP contribution in [0, 0.1) is 24.4 Å². The Morgan fingerprint density at radius 1 is 1.14 bits per heavy atom. The van der Waals surface area contributed by atoms with E-state index in [9.17, 15) is 31.9 Å². The summed E-state index contributed by atoms with van der Waals surface area (Å²) in [5, 5.41) is 15.8. The number of fused-ring (bicyclic) bond motifs is 1. The van der Waals surface area contributed by atoms with E-state index in [-0.39, 0.29) is 39.4 Å². The van der Waals surface area contributed by atoms with E-state index in [1.165, 1.54) is 22.8 Å². The van der Waals surface area contributed by atoms with Gasteiger partial charge >= 0.3 is 0 Å². The molecule has 2 heterocycles. The van der Waals surface area contributed by atoms with Gasteiger partial charge in [-0.05, 0) is 48.4 Å². The molecule has 0 radical (unpaired) electrons. The number of hydrogen-bond donors (Lipinski definition) is 3. The Morgan fingerprint density at radius 2 is 1.83 bits per heavy atom. The number of aromatic nitrogens is 3. The largest absolute Gasteiger partial charge is 0.382 e. The second-order valence-electron chi connectivity index (χ2n) is 7.81. The number of hydrogen-bond acceptors (Lipinski definition) is 5. The highest BCUT2D eigenvalue weighted by atomic mass is 19.3. The van der Waals surface area contributed by atoms with Crippen molar-refractivity contribution in [2.24, 2.45) is 0 Å². The number of amides is 1. The van der Waals surface area contributed by atoms with Crippen LogP contribution in [0.1, 0.15) is 27.6 Å². The number of alkyl halides is 2. The van der Waals surface area contributed by atoms with Crippen LogP contribution in [-0.4, -0.2) is 38.1 Å². The average molecular weight is 491 g/mol. The van der Waals surface area contributed by atoms with Crippen LogP contribution in [0.5, 0.6) is 0 Å². The van der Waals surface area contributed by atoms with Crippen molar-refractivity contribution in [2.75, 3.05) is 12.3 Å². The fraction of sp³-hybridized carbons (Fsp3) is 0.174. The van der Waals surface area contributed by atoms with Gasteiger partial charge in [-0.3, -0.25) is 4.79 Å². The minimum atomic E-state index is -3.85. The van der Waals surface area contributed by atoms with Crippen molar-refractivity contribution < 1.29 is 31.9 Å². The van der Waals surface area contributed by atoms with Gasteiger partial charge in [0.1, 0.15) is 11.9 Å². The molecule has 0 aliphatic carbocycles. The Kier molecular flexibility index (Phi) is 6.15. The molecule has 2 aromatic carbocycles. The van der Waals surface area contributed by atoms with Crippen LogP contribution in [0.25, 0.3) is 16.8 Å². The van der Waals surface area contributed by atoms with Crippen molar-refractivity contribution in [3.8, 4) is 11.1 Å². The number of nitrogen functional groups attached to an aromatic ring is 1. The molecule has 1 amide bonds. The third-order valence-electron chi connectivity index (χ3n) is 5.43. The number of nitrogens with zero attached hydrogens (tertiary/aromatic N) is 3. The Morgan fingerprint density at radius 3 is 2.51 bits per heavy atom. The van der Waals surface area contributed by atoms with E-state index >= 15 is 0 Å². The molecule has 4 rings (SSSR count). The van der Waals surface area contributed by atoms with Crippen LogP contribution in [0.15, 0.2) is 48.7 Å². The number of rotatable bonds is 6. The molecule has 0 aliphatic heterocycles. The first-order valence-electron chi connectivity index (χ1n) is 10.2. The van der Waals surface area contributed by atoms with E-state index in [1.807, 2.05) is 5.32 Å². The third kappa shape index (κ3) is 4.64. The molecule has 0 fully saturated rings. The lowest BCUT2D eigenvalue weighted by Crippen LogP contribution is -2.41. The summed E-state index contributed by atoms with van der Waals surface area (Å²) in [4.78, 5) is 16.6. The van der Waals surface area contributed by atoms with Crippen LogP contribution in [0.2, 0.25) is 0 Å². The normalized spacial score (nSPS) is 12.7. The summed E-state index contributed by atoms with van der Waals surface area (Å²) in [6.45, 7) is -0.186. The van der Waals surface area contributed by atoms with E-state index in [2.05, 4.69) is 10.1 Å². The maximum absolute atomic E-state index is 14.7. The Hall–Kier alpha value is -4.06. The molecule has 1 atom stereocenters. The monoisotopic (exact) mass is 491 g/mol. The zero-order valence-electron chi connectivity index (χ0n) is 18.1. The first kappa shape index (κ1) is 24.1. The lowest BCUT2D eigenvalue weighted by molar-refractivity contribution is -0.106. The lowest BCUT2D eigenvalue weighted by Gasteiger charge is -2.23. The van der Waals surface area contributed by atoms with Crippen molar-refractivity contribution >= 4 is 17.5 Å². The molecule has 0 saturated heterocycles. The van der Waals surface area contributed by atoms with Crippen LogP contribution in [0.4, 0.5) is 27.9 Å². The summed E-state index contributed by atoms with van der Waals surface area (Å²) in [7, 11) is 0. The van der Waals surface area contributed by atoms with E-state index in [0.717, 1.165) is 37.3 Å². The molecule has 0 unspecified atom stereocenters. The van der Waals surface area contributed by atoms with Crippen LogP contribution in [0.3, 0.4) is 0 Å². The van der Waals surface area contributed by atoms with Gasteiger partial charge in [0.15, 0.2) is 17.3 Å². The van der Waals surface area contributed by atoms with Crippen molar-refractivity contribution in [1.29, 1.82) is 0 Å². The Balaban J connectivity index is 1.60. The fourth-order valence-electron chi connectivity index (χ4n) is 3.51. The van der Waals surface area contributed by atoms with Crippen molar-refractivity contribution in [1.82, 2.24) is 19.9 Å². The van der Waals surface area contributed by atoms with Gasteiger partial charge < -0.3 is 16.2 Å². The lowest BCUT2D eigenvalue weighted by atomic mass is 9.98. The summed E-state index contributed by atoms with van der Waals surface area (Å²) >= 11 is 0. The topological polar surface area (TPSA) is 106 Å². The fourth-order valence-corrected chi connectivity index (χ4v) is 3.51. The van der Waals surface area contributed by atoms with Crippen molar-refractivity contribution in [3.05, 3.63) is 82.8 Å². The zero-order valence-corrected chi connectivity index (χ0v) is 18.1. The maximum Gasteiger partial charge on any atom is 0.294 e. The van der Waals surface area contributed by atoms with Gasteiger partial charge in [0.05, 0.1) is 6.54 Å². The molecular formula is C23H18F5N5O2. The summed E-state index contributed by atoms with van der Waals surface area (Å²) in [6, 6.07) is 7.58. The van der Waals surface area contributed by atoms with Crippen LogP contribution < -0.4 is 11.1 Å². The molecule has 12 heteroatoms. The molecule has 0 spiro atoms. The van der Waals surface area contributed by atoms with E-state index in [1.54, 1.807) is 0 Å². The maximum atomic E-state index is 14.7. The smallest absolute Gasteiger partial charge is 0.294 e. The van der Waals surface area contributed by atoms with Gasteiger partial charge in [-0.25, -0.2) is 26.5 Å². The highest BCUT2D eigenvalue weighted by Crippen LogP contribution is 2.32. The number of nitrogens with two attached hydrogens (primary N) is 1. The van der Waals surface area contributed by atoms with E-state index in [0.29, 0.717) is 0 Å². The molecule has 2 aromatic heterocycles. The number of nitrogens with one attached hydrogen (secondary N) is 1. The first-order chi connectivity index (χ1) is 16.5. The number of aliphatic hydroxyl groups is 1. The number of benzene rings is 2. The molecular weight excluding hydrogens is 473 g/mol. The van der Waals surface area contributed by atoms with Crippen LogP contribution >= 0.6 is 0 Å². The minimum absolute atomic E-state index is 0.0403. The third-order valence-corrected chi connectivity index (χ3v) is 5.43. The summed E-state index contributed by atoms with van der Waals surface area (Å²) in [6.07, 6.45) is -0.935. The number of pyridine rings is 1. The highest BCUT2D eigenvalue weighted by Gasteiger charge is 2.40. The molecule has 0 aliphatic rings. The zero-order chi connectivity index (χ0) is 25.5. The SMILES string of the molecule is Cc1c(C(=O)NCC(F)(F)[C@@H](O)c2ccc(F)cc2)cc(-c2ccn3nc(N)nc3c2)c(F)c1F. The van der Waals surface area contributed by atoms with Crippen LogP contribution in [-0.2, 0) is 0 Å². The van der Waals surface area contributed by atoms with Gasteiger partial charge in [-0.2, -0.15) is 4.98 Å². The summed E-state index contributed by atoms with van der Waals surface area (Å²) in [5.41, 5.74) is 4.57. The van der Waals surface area contributed by atoms with Gasteiger partial charge in [0, 0.05) is 22.9 Å². The molecule has 4 aromatic rings. The second-order valence-corrected chi connectivity index (χ2v) is 7.81.